The molecule has 0 aromatic heterocycles. The molecule has 0 unspecified atom stereocenters. The van der Waals surface area contributed by atoms with E-state index in [0.717, 1.165) is 22.2 Å². The number of carbonyl (C=O) groups excluding carboxylic acids is 3. The molecule has 0 radical (unpaired) electrons. The molecule has 7 nitrogen and oxygen atoms in total. The lowest BCUT2D eigenvalue weighted by Crippen LogP contribution is -2.34. The van der Waals surface area contributed by atoms with Gasteiger partial charge in [0.25, 0.3) is 11.1 Å². The maximum atomic E-state index is 12.6. The van der Waals surface area contributed by atoms with Crippen LogP contribution in [0.25, 0.3) is 6.08 Å². The predicted octanol–water partition coefficient (Wildman–Crippen LogP) is 4.92. The van der Waals surface area contributed by atoms with Crippen LogP contribution >= 0.6 is 23.4 Å². The van der Waals surface area contributed by atoms with Gasteiger partial charge in [0, 0.05) is 5.02 Å². The first kappa shape index (κ1) is 23.7. The van der Waals surface area contributed by atoms with Gasteiger partial charge in [-0.3, -0.25) is 19.3 Å². The van der Waals surface area contributed by atoms with Crippen molar-refractivity contribution in [2.75, 3.05) is 19.8 Å². The number of benzene rings is 2. The Morgan fingerprint density at radius 1 is 1.06 bits per heavy atom. The zero-order chi connectivity index (χ0) is 23.1. The first-order chi connectivity index (χ1) is 15.4. The molecule has 2 aromatic rings. The fraction of sp³-hybridized carbons (Fsp3) is 0.261. The van der Waals surface area contributed by atoms with Crippen molar-refractivity contribution >= 4 is 46.6 Å². The van der Waals surface area contributed by atoms with E-state index in [-0.39, 0.29) is 11.5 Å². The lowest BCUT2D eigenvalue weighted by molar-refractivity contribution is -0.145. The summed E-state index contributed by atoms with van der Waals surface area (Å²) in [6.07, 6.45) is 1.58. The van der Waals surface area contributed by atoms with Crippen LogP contribution in [0, 0.1) is 0 Å². The van der Waals surface area contributed by atoms with Gasteiger partial charge < -0.3 is 14.2 Å². The number of hydrogen-bond donors (Lipinski definition) is 0. The lowest BCUT2D eigenvalue weighted by Gasteiger charge is -2.13. The van der Waals surface area contributed by atoms with Crippen molar-refractivity contribution in [3.8, 4) is 11.5 Å². The molecule has 32 heavy (non-hydrogen) atoms. The molecular formula is C23H22ClNO6S. The van der Waals surface area contributed by atoms with E-state index in [1.807, 2.05) is 25.1 Å². The second kappa shape index (κ2) is 11.1. The minimum absolute atomic E-state index is 0.177. The van der Waals surface area contributed by atoms with Crippen LogP contribution in [0.15, 0.2) is 47.4 Å². The van der Waals surface area contributed by atoms with Crippen LogP contribution in [0.2, 0.25) is 5.02 Å². The normalized spacial score (nSPS) is 14.7. The summed E-state index contributed by atoms with van der Waals surface area (Å²) in [5.74, 6) is -0.114. The molecule has 0 atom stereocenters. The molecule has 3 rings (SSSR count). The Morgan fingerprint density at radius 2 is 1.88 bits per heavy atom. The van der Waals surface area contributed by atoms with Gasteiger partial charge in [0.15, 0.2) is 11.5 Å². The second-order valence-corrected chi connectivity index (χ2v) is 8.06. The Balaban J connectivity index is 1.76. The summed E-state index contributed by atoms with van der Waals surface area (Å²) in [7, 11) is 0. The Labute approximate surface area is 195 Å². The third-order valence-corrected chi connectivity index (χ3v) is 5.46. The fourth-order valence-corrected chi connectivity index (χ4v) is 3.96. The van der Waals surface area contributed by atoms with E-state index in [1.54, 1.807) is 37.3 Å². The van der Waals surface area contributed by atoms with Crippen molar-refractivity contribution in [3.05, 3.63) is 63.5 Å². The summed E-state index contributed by atoms with van der Waals surface area (Å²) in [5, 5.41) is 0.115. The highest BCUT2D eigenvalue weighted by Gasteiger charge is 2.36. The van der Waals surface area contributed by atoms with Gasteiger partial charge in [-0.25, -0.2) is 0 Å². The minimum Gasteiger partial charge on any atom is -0.490 e. The largest absolute Gasteiger partial charge is 0.490 e. The van der Waals surface area contributed by atoms with Crippen molar-refractivity contribution in [2.24, 2.45) is 0 Å². The van der Waals surface area contributed by atoms with E-state index in [0.29, 0.717) is 35.3 Å². The topological polar surface area (TPSA) is 82.1 Å². The molecule has 1 saturated heterocycles. The highest BCUT2D eigenvalue weighted by molar-refractivity contribution is 8.18. The molecule has 2 amide bonds. The lowest BCUT2D eigenvalue weighted by atomic mass is 10.1. The number of nitrogens with zero attached hydrogens (tertiary/aromatic N) is 1. The van der Waals surface area contributed by atoms with Gasteiger partial charge in [0.05, 0.1) is 18.1 Å². The molecule has 1 heterocycles. The molecule has 0 spiro atoms. The van der Waals surface area contributed by atoms with E-state index in [1.165, 1.54) is 0 Å². The Hall–Kier alpha value is -2.97. The standard InChI is InChI=1S/C23H22ClNO6S/c1-3-29-19-11-15(8-9-18(19)31-14-16-6-5-7-17(24)10-16)12-20-22(27)25(23(28)32-20)13-21(26)30-4-2/h5-12H,3-4,13-14H2,1-2H3/b20-12-. The molecule has 0 aliphatic carbocycles. The minimum atomic E-state index is -0.629. The Kier molecular flexibility index (Phi) is 8.19. The quantitative estimate of drug-likeness (QED) is 0.376. The monoisotopic (exact) mass is 475 g/mol. The van der Waals surface area contributed by atoms with Crippen molar-refractivity contribution in [1.82, 2.24) is 4.90 Å². The number of carbonyl (C=O) groups is 3. The summed E-state index contributed by atoms with van der Waals surface area (Å²) < 4.78 is 16.4. The third-order valence-electron chi connectivity index (χ3n) is 4.31. The van der Waals surface area contributed by atoms with E-state index in [4.69, 9.17) is 25.8 Å². The van der Waals surface area contributed by atoms with Crippen LogP contribution < -0.4 is 9.47 Å². The average Bonchev–Trinajstić information content (AvgIpc) is 3.01. The third kappa shape index (κ3) is 6.05. The number of halogens is 1. The zero-order valence-electron chi connectivity index (χ0n) is 17.6. The smallest absolute Gasteiger partial charge is 0.326 e. The van der Waals surface area contributed by atoms with Gasteiger partial charge in [0.1, 0.15) is 13.2 Å². The molecular weight excluding hydrogens is 454 g/mol. The number of imide groups is 1. The van der Waals surface area contributed by atoms with Crippen LogP contribution in [-0.4, -0.2) is 41.8 Å². The van der Waals surface area contributed by atoms with Crippen LogP contribution in [-0.2, 0) is 20.9 Å². The van der Waals surface area contributed by atoms with Crippen molar-refractivity contribution in [2.45, 2.75) is 20.5 Å². The van der Waals surface area contributed by atoms with Crippen molar-refractivity contribution in [1.29, 1.82) is 0 Å². The van der Waals surface area contributed by atoms with E-state index < -0.39 is 23.7 Å². The number of hydrogen-bond acceptors (Lipinski definition) is 7. The molecule has 0 bridgehead atoms. The summed E-state index contributed by atoms with van der Waals surface area (Å²) in [6.45, 7) is 4.02. The van der Waals surface area contributed by atoms with E-state index >= 15 is 0 Å². The maximum Gasteiger partial charge on any atom is 0.326 e. The maximum absolute atomic E-state index is 12.6. The van der Waals surface area contributed by atoms with Gasteiger partial charge >= 0.3 is 5.97 Å². The molecule has 2 aromatic carbocycles. The highest BCUT2D eigenvalue weighted by Crippen LogP contribution is 2.35. The summed E-state index contributed by atoms with van der Waals surface area (Å²) in [4.78, 5) is 37.5. The summed E-state index contributed by atoms with van der Waals surface area (Å²) in [6, 6.07) is 12.6. The van der Waals surface area contributed by atoms with Gasteiger partial charge in [-0.1, -0.05) is 29.8 Å². The second-order valence-electron chi connectivity index (χ2n) is 6.63. The molecule has 9 heteroatoms. The zero-order valence-corrected chi connectivity index (χ0v) is 19.2. The van der Waals surface area contributed by atoms with Gasteiger partial charge in [-0.2, -0.15) is 0 Å². The molecule has 1 fully saturated rings. The van der Waals surface area contributed by atoms with Crippen LogP contribution in [0.4, 0.5) is 4.79 Å². The fourth-order valence-electron chi connectivity index (χ4n) is 2.91. The first-order valence-corrected chi connectivity index (χ1v) is 11.2. The van der Waals surface area contributed by atoms with Crippen molar-refractivity contribution < 1.29 is 28.6 Å². The highest BCUT2D eigenvalue weighted by atomic mass is 35.5. The molecule has 1 aliphatic rings. The van der Waals surface area contributed by atoms with Gasteiger partial charge in [-0.05, 0) is 67.1 Å². The van der Waals surface area contributed by atoms with E-state index in [2.05, 4.69) is 0 Å². The Bertz CT molecular complexity index is 1050. The number of esters is 1. The first-order valence-electron chi connectivity index (χ1n) is 9.96. The molecule has 0 saturated carbocycles. The summed E-state index contributed by atoms with van der Waals surface area (Å²) >= 11 is 6.79. The molecule has 0 N–H and O–H groups in total. The number of amides is 2. The molecule has 1 aliphatic heterocycles. The number of ether oxygens (including phenoxy) is 3. The Morgan fingerprint density at radius 3 is 2.59 bits per heavy atom. The van der Waals surface area contributed by atoms with E-state index in [9.17, 15) is 14.4 Å². The number of rotatable bonds is 9. The number of thioether (sulfide) groups is 1. The average molecular weight is 476 g/mol. The van der Waals surface area contributed by atoms with Crippen molar-refractivity contribution in [3.63, 3.8) is 0 Å². The van der Waals surface area contributed by atoms with Gasteiger partial charge in [-0.15, -0.1) is 0 Å². The van der Waals surface area contributed by atoms with Crippen LogP contribution in [0.5, 0.6) is 11.5 Å². The summed E-state index contributed by atoms with van der Waals surface area (Å²) in [5.41, 5.74) is 1.57. The predicted molar refractivity (Wildman–Crippen MR) is 123 cm³/mol. The van der Waals surface area contributed by atoms with Crippen LogP contribution in [0.1, 0.15) is 25.0 Å². The molecule has 168 valence electrons. The van der Waals surface area contributed by atoms with Gasteiger partial charge in [0.2, 0.25) is 0 Å². The van der Waals surface area contributed by atoms with Crippen LogP contribution in [0.3, 0.4) is 0 Å². The SMILES string of the molecule is CCOC(=O)CN1C(=O)S/C(=C\c2ccc(OCc3cccc(Cl)c3)c(OCC)c2)C1=O.